The van der Waals surface area contributed by atoms with E-state index >= 15 is 0 Å². The molecule has 0 spiro atoms. The van der Waals surface area contributed by atoms with Crippen LogP contribution in [0.3, 0.4) is 0 Å². The molecule has 0 aliphatic carbocycles. The van der Waals surface area contributed by atoms with Crippen LogP contribution in [-0.4, -0.2) is 44.8 Å². The lowest BCUT2D eigenvalue weighted by Gasteiger charge is -2.20. The Morgan fingerprint density at radius 3 is 1.31 bits per heavy atom. The highest BCUT2D eigenvalue weighted by molar-refractivity contribution is 5.85. The minimum Gasteiger partial charge on any atom is -0.346 e. The lowest BCUT2D eigenvalue weighted by Crippen LogP contribution is -2.38. The van der Waals surface area contributed by atoms with Crippen LogP contribution in [0.4, 0.5) is 0 Å². The molecule has 0 saturated carbocycles. The Hall–Kier alpha value is -0.490. The third-order valence-corrected chi connectivity index (χ3v) is 2.62. The van der Waals surface area contributed by atoms with E-state index in [1.807, 2.05) is 0 Å². The van der Waals surface area contributed by atoms with Gasteiger partial charge in [0, 0.05) is 0 Å². The first-order valence-electron chi connectivity index (χ1n) is 5.88. The Morgan fingerprint density at radius 2 is 1.00 bits per heavy atom. The summed E-state index contributed by atoms with van der Waals surface area (Å²) in [6, 6.07) is 0. The van der Waals surface area contributed by atoms with Crippen LogP contribution >= 0.6 is 0 Å². The van der Waals surface area contributed by atoms with Gasteiger partial charge in [0.25, 0.3) is 0 Å². The van der Waals surface area contributed by atoms with Crippen molar-refractivity contribution < 1.29 is 23.7 Å². The smallest absolute Gasteiger partial charge is 0.244 e. The monoisotopic (exact) mass is 230 g/mol. The molecule has 5 heteroatoms. The number of ether oxygens (including phenoxy) is 4. The lowest BCUT2D eigenvalue weighted by atomic mass is 10.3. The number of rotatable bonds is 2. The van der Waals surface area contributed by atoms with Crippen molar-refractivity contribution in [2.75, 3.05) is 26.4 Å². The molecular formula is C11H18O5. The predicted octanol–water partition coefficient (Wildman–Crippen LogP) is 0.862. The van der Waals surface area contributed by atoms with Crippen molar-refractivity contribution in [3.05, 3.63) is 0 Å². The van der Waals surface area contributed by atoms with Crippen molar-refractivity contribution in [1.82, 2.24) is 0 Å². The fourth-order valence-electron chi connectivity index (χ4n) is 1.71. The molecule has 2 aliphatic heterocycles. The highest BCUT2D eigenvalue weighted by Crippen LogP contribution is 2.13. The van der Waals surface area contributed by atoms with Gasteiger partial charge in [-0.2, -0.15) is 0 Å². The number of carbonyl (C=O) groups is 1. The highest BCUT2D eigenvalue weighted by atomic mass is 16.7. The molecule has 0 N–H and O–H groups in total. The van der Waals surface area contributed by atoms with Crippen LogP contribution in [0.5, 0.6) is 0 Å². The summed E-state index contributed by atoms with van der Waals surface area (Å²) in [5, 5.41) is 0. The van der Waals surface area contributed by atoms with Crippen molar-refractivity contribution in [3.8, 4) is 0 Å². The lowest BCUT2D eigenvalue weighted by molar-refractivity contribution is -0.200. The minimum atomic E-state index is -0.814. The molecule has 0 amide bonds. The average Bonchev–Trinajstić information content (AvgIpc) is 2.73. The van der Waals surface area contributed by atoms with E-state index in [0.717, 1.165) is 25.7 Å². The minimum absolute atomic E-state index is 0.246. The van der Waals surface area contributed by atoms with Gasteiger partial charge in [-0.3, -0.25) is 4.79 Å². The summed E-state index contributed by atoms with van der Waals surface area (Å²) in [4.78, 5) is 12.0. The molecule has 0 atom stereocenters. The number of Topliss-reactive ketones (excluding diaryl/α,β-unsaturated/α-hetero) is 1. The second kappa shape index (κ2) is 6.30. The standard InChI is InChI=1S/C11H18O5/c12-9(10-13-5-1-2-6-14-10)11-15-7-3-4-8-16-11/h10-11H,1-8H2. The highest BCUT2D eigenvalue weighted by Gasteiger charge is 2.31. The van der Waals surface area contributed by atoms with E-state index in [1.54, 1.807) is 0 Å². The zero-order chi connectivity index (χ0) is 11.2. The Balaban J connectivity index is 1.88. The van der Waals surface area contributed by atoms with Crippen molar-refractivity contribution in [2.45, 2.75) is 38.3 Å². The van der Waals surface area contributed by atoms with E-state index in [2.05, 4.69) is 0 Å². The first-order chi connectivity index (χ1) is 7.88. The van der Waals surface area contributed by atoms with Gasteiger partial charge in [0.2, 0.25) is 18.4 Å². The number of ketones is 1. The quantitative estimate of drug-likeness (QED) is 0.704. The van der Waals surface area contributed by atoms with Gasteiger partial charge in [-0.05, 0) is 25.7 Å². The normalized spacial score (nSPS) is 26.0. The van der Waals surface area contributed by atoms with Crippen LogP contribution in [0.1, 0.15) is 25.7 Å². The van der Waals surface area contributed by atoms with Crippen LogP contribution < -0.4 is 0 Å². The molecule has 0 aromatic rings. The summed E-state index contributed by atoms with van der Waals surface area (Å²) in [5.74, 6) is -0.246. The van der Waals surface area contributed by atoms with Gasteiger partial charge in [0.1, 0.15) is 0 Å². The molecule has 2 rings (SSSR count). The maximum Gasteiger partial charge on any atom is 0.244 e. The Morgan fingerprint density at radius 1 is 0.688 bits per heavy atom. The Kier molecular flexibility index (Phi) is 4.71. The van der Waals surface area contributed by atoms with E-state index < -0.39 is 12.6 Å². The molecule has 2 heterocycles. The van der Waals surface area contributed by atoms with E-state index in [9.17, 15) is 4.79 Å². The maximum absolute atomic E-state index is 12.0. The second-order valence-electron chi connectivity index (χ2n) is 3.96. The largest absolute Gasteiger partial charge is 0.346 e. The van der Waals surface area contributed by atoms with Crippen LogP contribution in [0.25, 0.3) is 0 Å². The first-order valence-corrected chi connectivity index (χ1v) is 5.88. The summed E-state index contributed by atoms with van der Waals surface area (Å²) < 4.78 is 21.3. The van der Waals surface area contributed by atoms with Gasteiger partial charge in [-0.15, -0.1) is 0 Å². The van der Waals surface area contributed by atoms with Gasteiger partial charge in [0.05, 0.1) is 26.4 Å². The number of carbonyl (C=O) groups excluding carboxylic acids is 1. The molecule has 5 nitrogen and oxygen atoms in total. The average molecular weight is 230 g/mol. The summed E-state index contributed by atoms with van der Waals surface area (Å²) >= 11 is 0. The third kappa shape index (κ3) is 3.25. The molecule has 2 aliphatic rings. The van der Waals surface area contributed by atoms with Crippen LogP contribution in [0.2, 0.25) is 0 Å². The summed E-state index contributed by atoms with van der Waals surface area (Å²) in [5.41, 5.74) is 0. The first kappa shape index (κ1) is 12.0. The molecule has 2 fully saturated rings. The van der Waals surface area contributed by atoms with Crippen LogP contribution in [-0.2, 0) is 23.7 Å². The second-order valence-corrected chi connectivity index (χ2v) is 3.96. The van der Waals surface area contributed by atoms with Crippen molar-refractivity contribution in [3.63, 3.8) is 0 Å². The molecule has 0 bridgehead atoms. The van der Waals surface area contributed by atoms with Gasteiger partial charge >= 0.3 is 0 Å². The van der Waals surface area contributed by atoms with Gasteiger partial charge in [-0.25, -0.2) is 0 Å². The van der Waals surface area contributed by atoms with Crippen molar-refractivity contribution >= 4 is 5.78 Å². The Bertz CT molecular complexity index is 192. The summed E-state index contributed by atoms with van der Waals surface area (Å²) in [7, 11) is 0. The zero-order valence-electron chi connectivity index (χ0n) is 9.35. The fourth-order valence-corrected chi connectivity index (χ4v) is 1.71. The van der Waals surface area contributed by atoms with E-state index in [1.165, 1.54) is 0 Å². The number of hydrogen-bond donors (Lipinski definition) is 0. The Labute approximate surface area is 95.0 Å². The van der Waals surface area contributed by atoms with Crippen molar-refractivity contribution in [2.24, 2.45) is 0 Å². The van der Waals surface area contributed by atoms with Gasteiger partial charge in [0.15, 0.2) is 0 Å². The predicted molar refractivity (Wildman–Crippen MR) is 54.9 cm³/mol. The summed E-state index contributed by atoms with van der Waals surface area (Å²) in [6.45, 7) is 2.23. The van der Waals surface area contributed by atoms with E-state index in [0.29, 0.717) is 26.4 Å². The molecule has 92 valence electrons. The topological polar surface area (TPSA) is 54.0 Å². The van der Waals surface area contributed by atoms with Crippen LogP contribution in [0.15, 0.2) is 0 Å². The van der Waals surface area contributed by atoms with Gasteiger partial charge in [-0.1, -0.05) is 0 Å². The van der Waals surface area contributed by atoms with E-state index in [-0.39, 0.29) is 5.78 Å². The SMILES string of the molecule is O=C(C1OCCCCO1)C1OCCCCO1. The van der Waals surface area contributed by atoms with Crippen LogP contribution in [0, 0.1) is 0 Å². The molecule has 16 heavy (non-hydrogen) atoms. The summed E-state index contributed by atoms with van der Waals surface area (Å²) in [6.07, 6.45) is 2.08. The molecule has 0 unspecified atom stereocenters. The van der Waals surface area contributed by atoms with Crippen molar-refractivity contribution in [1.29, 1.82) is 0 Å². The molecular weight excluding hydrogens is 212 g/mol. The fraction of sp³-hybridized carbons (Fsp3) is 0.909. The molecule has 0 aromatic carbocycles. The zero-order valence-corrected chi connectivity index (χ0v) is 9.35. The number of hydrogen-bond acceptors (Lipinski definition) is 5. The van der Waals surface area contributed by atoms with Gasteiger partial charge < -0.3 is 18.9 Å². The third-order valence-electron chi connectivity index (χ3n) is 2.62. The van der Waals surface area contributed by atoms with E-state index in [4.69, 9.17) is 18.9 Å². The molecule has 0 radical (unpaired) electrons. The molecule has 0 aromatic heterocycles. The molecule has 2 saturated heterocycles. The maximum atomic E-state index is 12.0.